The van der Waals surface area contributed by atoms with Gasteiger partial charge in [-0.3, -0.25) is 9.59 Å². The average molecular weight is 593 g/mol. The summed E-state index contributed by atoms with van der Waals surface area (Å²) < 4.78 is 19.6. The zero-order chi connectivity index (χ0) is 31.6. The first-order valence-electron chi connectivity index (χ1n) is 15.3. The Balaban J connectivity index is 0.000000642. The highest BCUT2D eigenvalue weighted by Gasteiger charge is 2.66. The van der Waals surface area contributed by atoms with Crippen molar-refractivity contribution in [1.29, 1.82) is 0 Å². The van der Waals surface area contributed by atoms with Crippen molar-refractivity contribution >= 4 is 27.4 Å². The molecule has 0 spiro atoms. The van der Waals surface area contributed by atoms with Crippen molar-refractivity contribution in [3.05, 3.63) is 24.3 Å². The molecule has 0 aromatic rings. The van der Waals surface area contributed by atoms with Crippen molar-refractivity contribution in [1.82, 2.24) is 0 Å². The molecule has 6 atom stereocenters. The van der Waals surface area contributed by atoms with E-state index in [1.165, 1.54) is 6.42 Å². The van der Waals surface area contributed by atoms with Crippen LogP contribution in [0.5, 0.6) is 0 Å². The van der Waals surface area contributed by atoms with Crippen LogP contribution < -0.4 is 0 Å². The maximum absolute atomic E-state index is 12.3. The maximum atomic E-state index is 12.3. The molecular formula is C32H57BO7Si. The Morgan fingerprint density at radius 1 is 1.10 bits per heavy atom. The Kier molecular flexibility index (Phi) is 11.4. The van der Waals surface area contributed by atoms with Crippen molar-refractivity contribution in [3.63, 3.8) is 0 Å². The summed E-state index contributed by atoms with van der Waals surface area (Å²) in [5.74, 6) is -0.913. The first kappa shape index (κ1) is 35.8. The van der Waals surface area contributed by atoms with E-state index in [1.54, 1.807) is 0 Å². The molecule has 41 heavy (non-hydrogen) atoms. The summed E-state index contributed by atoms with van der Waals surface area (Å²) in [6.45, 7) is 25.6. The number of rotatable bonds is 10. The highest BCUT2D eigenvalue weighted by Crippen LogP contribution is 2.64. The maximum Gasteiger partial charge on any atom is 0.461 e. The number of carbonyl (C=O) groups is 2. The van der Waals surface area contributed by atoms with Gasteiger partial charge in [0.2, 0.25) is 0 Å². The quantitative estimate of drug-likeness (QED) is 0.197. The monoisotopic (exact) mass is 592 g/mol. The van der Waals surface area contributed by atoms with E-state index in [4.69, 9.17) is 18.8 Å². The largest absolute Gasteiger partial charge is 0.481 e. The molecule has 0 aromatic carbocycles. The van der Waals surface area contributed by atoms with Crippen molar-refractivity contribution in [3.8, 4) is 0 Å². The first-order valence-corrected chi connectivity index (χ1v) is 18.2. The Morgan fingerprint density at radius 3 is 2.17 bits per heavy atom. The minimum absolute atomic E-state index is 0.00437. The molecule has 7 nitrogen and oxygen atoms in total. The van der Waals surface area contributed by atoms with Crippen LogP contribution in [0.1, 0.15) is 94.9 Å². The lowest BCUT2D eigenvalue weighted by Crippen LogP contribution is -2.63. The molecule has 234 valence electrons. The lowest BCUT2D eigenvalue weighted by Gasteiger charge is -2.63. The highest BCUT2D eigenvalue weighted by molar-refractivity contribution is 6.74. The van der Waals surface area contributed by atoms with Crippen molar-refractivity contribution in [2.24, 2.45) is 28.6 Å². The van der Waals surface area contributed by atoms with Gasteiger partial charge >= 0.3 is 19.1 Å². The average Bonchev–Trinajstić information content (AvgIpc) is 3.13. The van der Waals surface area contributed by atoms with Gasteiger partial charge in [0.25, 0.3) is 0 Å². The fourth-order valence-electron chi connectivity index (χ4n) is 6.33. The molecule has 1 heterocycles. The minimum Gasteiger partial charge on any atom is -0.481 e. The van der Waals surface area contributed by atoms with Gasteiger partial charge in [0.15, 0.2) is 8.32 Å². The molecule has 0 amide bonds. The third-order valence-electron chi connectivity index (χ3n) is 10.0. The smallest absolute Gasteiger partial charge is 0.461 e. The third-order valence-corrected chi connectivity index (χ3v) is 14.5. The molecule has 0 radical (unpaired) electrons. The topological polar surface area (TPSA) is 102 Å². The van der Waals surface area contributed by atoms with E-state index in [1.807, 2.05) is 52.0 Å². The molecule has 1 aliphatic heterocycles. The van der Waals surface area contributed by atoms with Crippen LogP contribution >= 0.6 is 0 Å². The summed E-state index contributed by atoms with van der Waals surface area (Å²) >= 11 is 0. The normalized spacial score (nSPS) is 29.0. The summed E-state index contributed by atoms with van der Waals surface area (Å²) in [4.78, 5) is 22.1. The summed E-state index contributed by atoms with van der Waals surface area (Å²) in [5, 5.41) is 18.2. The molecule has 4 rings (SSSR count). The first-order chi connectivity index (χ1) is 18.6. The lowest BCUT2D eigenvalue weighted by atomic mass is 9.45. The molecular weight excluding hydrogens is 535 g/mol. The number of carboxylic acids is 2. The van der Waals surface area contributed by atoms with Gasteiger partial charge in [-0.15, -0.1) is 0 Å². The van der Waals surface area contributed by atoms with Gasteiger partial charge in [-0.25, -0.2) is 0 Å². The third kappa shape index (κ3) is 8.58. The molecule has 2 bridgehead atoms. The minimum atomic E-state index is -2.17. The number of hydrogen-bond acceptors (Lipinski definition) is 5. The van der Waals surface area contributed by atoms with Gasteiger partial charge < -0.3 is 23.9 Å². The van der Waals surface area contributed by atoms with Gasteiger partial charge in [-0.1, -0.05) is 79.7 Å². The molecule has 1 saturated heterocycles. The molecule has 0 aromatic heterocycles. The fourth-order valence-corrected chi connectivity index (χ4v) is 7.58. The summed E-state index contributed by atoms with van der Waals surface area (Å²) in [6.07, 6.45) is 11.1. The van der Waals surface area contributed by atoms with Crippen LogP contribution in [-0.4, -0.2) is 55.4 Å². The molecule has 3 aliphatic carbocycles. The molecule has 2 unspecified atom stereocenters. The second-order valence-corrected chi connectivity index (χ2v) is 20.4. The van der Waals surface area contributed by atoms with E-state index < -0.39 is 37.7 Å². The number of carboxylic acid groups (broad SMARTS) is 2. The molecule has 9 heteroatoms. The van der Waals surface area contributed by atoms with Crippen LogP contribution in [0.25, 0.3) is 0 Å². The SMILES string of the molecule is CC(C)(C)C(C(=O)O)C(/C=C\CB1O[C@@H]2[C@@H]3C[C@H](C[C@]2(C)O1)C3(C)C)O[Si](C)(C)C(C)(C)C.CC=CCCC(=O)O. The van der Waals surface area contributed by atoms with E-state index >= 15 is 0 Å². The number of aliphatic carboxylic acids is 2. The molecule has 4 fully saturated rings. The number of hydrogen-bond donors (Lipinski definition) is 2. The predicted octanol–water partition coefficient (Wildman–Crippen LogP) is 7.84. The van der Waals surface area contributed by atoms with Crippen LogP contribution in [0.3, 0.4) is 0 Å². The van der Waals surface area contributed by atoms with E-state index in [-0.39, 0.29) is 30.3 Å². The Labute approximate surface area is 250 Å². The summed E-state index contributed by atoms with van der Waals surface area (Å²) in [7, 11) is -2.45. The predicted molar refractivity (Wildman–Crippen MR) is 168 cm³/mol. The Bertz CT molecular complexity index is 978. The van der Waals surface area contributed by atoms with Crippen LogP contribution in [0.2, 0.25) is 24.5 Å². The second-order valence-electron chi connectivity index (χ2n) is 15.7. The van der Waals surface area contributed by atoms with E-state index in [0.29, 0.717) is 30.0 Å². The zero-order valence-corrected chi connectivity index (χ0v) is 28.7. The van der Waals surface area contributed by atoms with Crippen LogP contribution in [0.15, 0.2) is 24.3 Å². The van der Waals surface area contributed by atoms with Gasteiger partial charge in [-0.05, 0) is 73.9 Å². The van der Waals surface area contributed by atoms with Crippen molar-refractivity contribution < 1.29 is 33.5 Å². The Morgan fingerprint density at radius 2 is 1.71 bits per heavy atom. The zero-order valence-electron chi connectivity index (χ0n) is 27.7. The van der Waals surface area contributed by atoms with Crippen molar-refractivity contribution in [2.45, 2.75) is 137 Å². The second kappa shape index (κ2) is 13.1. The van der Waals surface area contributed by atoms with Crippen molar-refractivity contribution in [2.75, 3.05) is 0 Å². The Hall–Kier alpha value is -1.42. The van der Waals surface area contributed by atoms with Gasteiger partial charge in [0, 0.05) is 12.7 Å². The number of allylic oxidation sites excluding steroid dienone is 3. The van der Waals surface area contributed by atoms with Gasteiger partial charge in [-0.2, -0.15) is 0 Å². The van der Waals surface area contributed by atoms with E-state index in [0.717, 1.165) is 6.42 Å². The molecule has 4 aliphatic rings. The molecule has 2 N–H and O–H groups in total. The highest BCUT2D eigenvalue weighted by atomic mass is 28.4. The van der Waals surface area contributed by atoms with Crippen LogP contribution in [0.4, 0.5) is 0 Å². The lowest BCUT2D eigenvalue weighted by molar-refractivity contribution is -0.185. The fraction of sp³-hybridized carbons (Fsp3) is 0.812. The van der Waals surface area contributed by atoms with Gasteiger partial charge in [0.1, 0.15) is 0 Å². The standard InChI is InChI=1S/C26H47BO5Si.C6H10O2/c1-23(2,3)20(22(28)29)19(31-33(10,11)24(4,5)6)13-12-14-27-30-21-18-15-17(25(18,7)8)16-26(21,9)32-27;1-2-3-4-5-6(7)8/h12-13,17-21H,14-16H2,1-11H3,(H,28,29);2-3H,4-5H2,1H3,(H,7,8)/b13-12-;/t17-,18+,19?,20?,21-,26+;/m1./s1. The van der Waals surface area contributed by atoms with E-state index in [9.17, 15) is 14.7 Å². The molecule has 3 saturated carbocycles. The van der Waals surface area contributed by atoms with Crippen LogP contribution in [-0.2, 0) is 23.3 Å². The summed E-state index contributed by atoms with van der Waals surface area (Å²) in [6, 6.07) is 0. The van der Waals surface area contributed by atoms with Crippen LogP contribution in [0, 0.1) is 28.6 Å². The summed E-state index contributed by atoms with van der Waals surface area (Å²) in [5.41, 5.74) is -0.298. The van der Waals surface area contributed by atoms with Gasteiger partial charge in [0.05, 0.1) is 23.7 Å². The van der Waals surface area contributed by atoms with E-state index in [2.05, 4.69) is 54.6 Å².